The summed E-state index contributed by atoms with van der Waals surface area (Å²) in [6, 6.07) is 9.22. The molecule has 2 aromatic heterocycles. The molecule has 0 aliphatic rings. The number of rotatable bonds is 5. The number of carbonyl (C=O) groups is 1. The lowest BCUT2D eigenvalue weighted by Crippen LogP contribution is -2.12. The van der Waals surface area contributed by atoms with E-state index in [-0.39, 0.29) is 18.1 Å². The predicted octanol–water partition coefficient (Wildman–Crippen LogP) is 2.95. The van der Waals surface area contributed by atoms with E-state index in [4.69, 9.17) is 4.52 Å². The SMILES string of the molecule is Cc1onc(-c2ccccc2)c1C(=O)Cn1cc([N+](=O)[O-])nc1C. The molecule has 8 heteroatoms. The van der Waals surface area contributed by atoms with Gasteiger partial charge in [0.2, 0.25) is 5.82 Å². The van der Waals surface area contributed by atoms with Crippen LogP contribution in [-0.2, 0) is 6.54 Å². The van der Waals surface area contributed by atoms with Crippen LogP contribution in [0.4, 0.5) is 5.82 Å². The highest BCUT2D eigenvalue weighted by Gasteiger charge is 2.24. The van der Waals surface area contributed by atoms with Gasteiger partial charge in [-0.05, 0) is 16.8 Å². The molecule has 8 nitrogen and oxygen atoms in total. The van der Waals surface area contributed by atoms with Crippen LogP contribution in [0.1, 0.15) is 21.9 Å². The number of carbonyl (C=O) groups excluding carboxylic acids is 1. The number of benzene rings is 1. The molecule has 0 aliphatic carbocycles. The van der Waals surface area contributed by atoms with Crippen LogP contribution in [0.2, 0.25) is 0 Å². The zero-order valence-corrected chi connectivity index (χ0v) is 13.1. The molecule has 0 aliphatic heterocycles. The summed E-state index contributed by atoms with van der Waals surface area (Å²) in [4.78, 5) is 26.7. The van der Waals surface area contributed by atoms with Crippen molar-refractivity contribution in [1.29, 1.82) is 0 Å². The minimum atomic E-state index is -0.589. The Morgan fingerprint density at radius 1 is 1.29 bits per heavy atom. The van der Waals surface area contributed by atoms with Crippen LogP contribution in [0.3, 0.4) is 0 Å². The maximum absolute atomic E-state index is 12.7. The molecule has 122 valence electrons. The molecule has 0 amide bonds. The highest BCUT2D eigenvalue weighted by atomic mass is 16.6. The van der Waals surface area contributed by atoms with Crippen LogP contribution in [0.25, 0.3) is 11.3 Å². The third kappa shape index (κ3) is 2.81. The van der Waals surface area contributed by atoms with Crippen molar-refractivity contribution in [3.8, 4) is 11.3 Å². The second-order valence-corrected chi connectivity index (χ2v) is 5.28. The number of ketones is 1. The fraction of sp³-hybridized carbons (Fsp3) is 0.188. The van der Waals surface area contributed by atoms with E-state index in [9.17, 15) is 14.9 Å². The first-order valence-corrected chi connectivity index (χ1v) is 7.20. The molecule has 1 aromatic carbocycles. The largest absolute Gasteiger partial charge is 0.381 e. The number of hydrogen-bond donors (Lipinski definition) is 0. The molecule has 0 bridgehead atoms. The molecule has 0 saturated carbocycles. The van der Waals surface area contributed by atoms with Gasteiger partial charge in [-0.3, -0.25) is 4.79 Å². The normalized spacial score (nSPS) is 10.8. The topological polar surface area (TPSA) is 104 Å². The van der Waals surface area contributed by atoms with Crippen molar-refractivity contribution in [3.63, 3.8) is 0 Å². The van der Waals surface area contributed by atoms with Gasteiger partial charge >= 0.3 is 5.82 Å². The number of imidazole rings is 1. The Balaban J connectivity index is 1.94. The zero-order chi connectivity index (χ0) is 17.3. The van der Waals surface area contributed by atoms with Crippen molar-refractivity contribution in [2.45, 2.75) is 20.4 Å². The predicted molar refractivity (Wildman–Crippen MR) is 84.6 cm³/mol. The summed E-state index contributed by atoms with van der Waals surface area (Å²) in [6.07, 6.45) is 1.25. The van der Waals surface area contributed by atoms with Crippen molar-refractivity contribution in [2.75, 3.05) is 0 Å². The fourth-order valence-corrected chi connectivity index (χ4v) is 2.47. The van der Waals surface area contributed by atoms with E-state index in [1.54, 1.807) is 13.8 Å². The summed E-state index contributed by atoms with van der Waals surface area (Å²) in [6.45, 7) is 3.20. The number of nitrogens with zero attached hydrogens (tertiary/aromatic N) is 4. The Hall–Kier alpha value is -3.29. The first kappa shape index (κ1) is 15.6. The Morgan fingerprint density at radius 2 is 2.00 bits per heavy atom. The first-order valence-electron chi connectivity index (χ1n) is 7.20. The van der Waals surface area contributed by atoms with Gasteiger partial charge in [-0.25, -0.2) is 0 Å². The monoisotopic (exact) mass is 326 g/mol. The molecule has 0 N–H and O–H groups in total. The van der Waals surface area contributed by atoms with Crippen LogP contribution < -0.4 is 0 Å². The molecule has 24 heavy (non-hydrogen) atoms. The first-order chi connectivity index (χ1) is 11.5. The maximum atomic E-state index is 12.7. The van der Waals surface area contributed by atoms with Gasteiger partial charge in [-0.15, -0.1) is 0 Å². The quantitative estimate of drug-likeness (QED) is 0.405. The number of Topliss-reactive ketones (excluding diaryl/α,β-unsaturated/α-hetero) is 1. The molecule has 0 unspecified atom stereocenters. The molecule has 0 spiro atoms. The molecule has 3 rings (SSSR count). The third-order valence-electron chi connectivity index (χ3n) is 3.65. The molecule has 0 fully saturated rings. The smallest absolute Gasteiger partial charge is 0.360 e. The van der Waals surface area contributed by atoms with E-state index in [1.165, 1.54) is 10.8 Å². The lowest BCUT2D eigenvalue weighted by atomic mass is 10.0. The molecular weight excluding hydrogens is 312 g/mol. The number of aromatic nitrogens is 3. The maximum Gasteiger partial charge on any atom is 0.381 e. The highest BCUT2D eigenvalue weighted by molar-refractivity contribution is 6.02. The molecule has 2 heterocycles. The Labute approximate surface area is 136 Å². The van der Waals surface area contributed by atoms with Gasteiger partial charge in [-0.2, -0.15) is 0 Å². The molecule has 0 saturated heterocycles. The van der Waals surface area contributed by atoms with Crippen LogP contribution in [-0.4, -0.2) is 25.4 Å². The second kappa shape index (κ2) is 6.07. The lowest BCUT2D eigenvalue weighted by Gasteiger charge is -2.03. The average molecular weight is 326 g/mol. The van der Waals surface area contributed by atoms with E-state index in [1.807, 2.05) is 30.3 Å². The molecule has 0 radical (unpaired) electrons. The van der Waals surface area contributed by atoms with Crippen LogP contribution in [0, 0.1) is 24.0 Å². The van der Waals surface area contributed by atoms with E-state index in [0.29, 0.717) is 22.8 Å². The van der Waals surface area contributed by atoms with Crippen molar-refractivity contribution in [2.24, 2.45) is 0 Å². The summed E-state index contributed by atoms with van der Waals surface area (Å²) >= 11 is 0. The van der Waals surface area contributed by atoms with E-state index in [2.05, 4.69) is 10.1 Å². The molecular formula is C16H14N4O4. The van der Waals surface area contributed by atoms with Gasteiger partial charge < -0.3 is 19.2 Å². The minimum absolute atomic E-state index is 0.0748. The summed E-state index contributed by atoms with van der Waals surface area (Å²) in [7, 11) is 0. The van der Waals surface area contributed by atoms with Crippen molar-refractivity contribution in [3.05, 3.63) is 63.8 Å². The van der Waals surface area contributed by atoms with Crippen molar-refractivity contribution < 1.29 is 14.2 Å². The lowest BCUT2D eigenvalue weighted by molar-refractivity contribution is -0.389. The Morgan fingerprint density at radius 3 is 2.62 bits per heavy atom. The fourth-order valence-electron chi connectivity index (χ4n) is 2.47. The van der Waals surface area contributed by atoms with Crippen molar-refractivity contribution >= 4 is 11.6 Å². The summed E-state index contributed by atoms with van der Waals surface area (Å²) in [5.74, 6) is 0.269. The third-order valence-corrected chi connectivity index (χ3v) is 3.65. The van der Waals surface area contributed by atoms with Gasteiger partial charge in [0.25, 0.3) is 0 Å². The van der Waals surface area contributed by atoms with Crippen LogP contribution >= 0.6 is 0 Å². The average Bonchev–Trinajstić information content (AvgIpc) is 3.12. The number of aryl methyl sites for hydroxylation is 2. The standard InChI is InChI=1S/C16H14N4O4/c1-10-15(16(18-24-10)12-6-4-3-5-7-12)13(21)8-19-9-14(20(22)23)17-11(19)2/h3-7,9H,8H2,1-2H3. The van der Waals surface area contributed by atoms with Crippen LogP contribution in [0.5, 0.6) is 0 Å². The highest BCUT2D eigenvalue weighted by Crippen LogP contribution is 2.26. The van der Waals surface area contributed by atoms with Crippen molar-refractivity contribution in [1.82, 2.24) is 14.7 Å². The second-order valence-electron chi connectivity index (χ2n) is 5.28. The van der Waals surface area contributed by atoms with E-state index in [0.717, 1.165) is 5.56 Å². The van der Waals surface area contributed by atoms with Gasteiger partial charge in [0.15, 0.2) is 5.78 Å². The summed E-state index contributed by atoms with van der Waals surface area (Å²) in [5, 5.41) is 14.8. The zero-order valence-electron chi connectivity index (χ0n) is 13.1. The molecule has 3 aromatic rings. The minimum Gasteiger partial charge on any atom is -0.360 e. The summed E-state index contributed by atoms with van der Waals surface area (Å²) in [5.41, 5.74) is 1.60. The summed E-state index contributed by atoms with van der Waals surface area (Å²) < 4.78 is 6.62. The number of hydrogen-bond acceptors (Lipinski definition) is 6. The van der Waals surface area contributed by atoms with Gasteiger partial charge in [0.1, 0.15) is 17.7 Å². The Kier molecular flexibility index (Phi) is 3.95. The van der Waals surface area contributed by atoms with Gasteiger partial charge in [0, 0.05) is 12.5 Å². The Bertz CT molecular complexity index is 912. The van der Waals surface area contributed by atoms with E-state index >= 15 is 0 Å². The molecule has 0 atom stereocenters. The van der Waals surface area contributed by atoms with E-state index < -0.39 is 4.92 Å². The van der Waals surface area contributed by atoms with Gasteiger partial charge in [-0.1, -0.05) is 35.5 Å². The number of nitro groups is 1. The van der Waals surface area contributed by atoms with Gasteiger partial charge in [0.05, 0.1) is 12.1 Å². The van der Waals surface area contributed by atoms with Crippen LogP contribution in [0.15, 0.2) is 41.1 Å².